The first-order chi connectivity index (χ1) is 6.91. The Balaban J connectivity index is 2.99. The van der Waals surface area contributed by atoms with E-state index in [1.54, 1.807) is 0 Å². The Bertz CT molecular complexity index is 141. The number of hydrogen-bond donors (Lipinski definition) is 0. The zero-order valence-corrected chi connectivity index (χ0v) is 9.21. The van der Waals surface area contributed by atoms with Crippen LogP contribution in [0.25, 0.3) is 0 Å². The molecule has 82 valence electrons. The van der Waals surface area contributed by atoms with Crippen LogP contribution in [0, 0.1) is 0 Å². The highest BCUT2D eigenvalue weighted by molar-refractivity contribution is 4.82. The van der Waals surface area contributed by atoms with Gasteiger partial charge in [0, 0.05) is 6.61 Å². The normalized spacial score (nSPS) is 10.9. The molecule has 0 aliphatic heterocycles. The van der Waals surface area contributed by atoms with Gasteiger partial charge in [0.1, 0.15) is 0 Å². The average Bonchev–Trinajstić information content (AvgIpc) is 2.21. The number of allylic oxidation sites excluding steroid dienone is 2. The van der Waals surface area contributed by atoms with E-state index in [1.165, 1.54) is 6.42 Å². The molecular weight excluding hydrogens is 176 g/mol. The van der Waals surface area contributed by atoms with Crippen molar-refractivity contribution in [2.24, 2.45) is 0 Å². The molecule has 0 fully saturated rings. The van der Waals surface area contributed by atoms with Crippen molar-refractivity contribution < 1.29 is 9.47 Å². The van der Waals surface area contributed by atoms with Gasteiger partial charge in [-0.2, -0.15) is 0 Å². The summed E-state index contributed by atoms with van der Waals surface area (Å²) in [5.41, 5.74) is 0. The molecule has 0 radical (unpaired) electrons. The smallest absolute Gasteiger partial charge is 0.0704 e. The molecule has 0 unspecified atom stereocenters. The van der Waals surface area contributed by atoms with E-state index < -0.39 is 0 Å². The predicted molar refractivity (Wildman–Crippen MR) is 60.5 cm³/mol. The van der Waals surface area contributed by atoms with E-state index in [2.05, 4.69) is 18.7 Å². The van der Waals surface area contributed by atoms with Crippen LogP contribution in [0.5, 0.6) is 0 Å². The summed E-state index contributed by atoms with van der Waals surface area (Å²) in [4.78, 5) is 0. The largest absolute Gasteiger partial charge is 0.379 e. The maximum absolute atomic E-state index is 5.31. The monoisotopic (exact) mass is 198 g/mol. The third-order valence-electron chi connectivity index (χ3n) is 1.74. The van der Waals surface area contributed by atoms with Crippen molar-refractivity contribution in [3.8, 4) is 0 Å². The average molecular weight is 198 g/mol. The van der Waals surface area contributed by atoms with Crippen LogP contribution < -0.4 is 0 Å². The van der Waals surface area contributed by atoms with Gasteiger partial charge in [-0.1, -0.05) is 18.2 Å². The molecule has 0 bridgehead atoms. The maximum atomic E-state index is 5.31. The molecule has 0 aromatic rings. The van der Waals surface area contributed by atoms with Crippen LogP contribution >= 0.6 is 0 Å². The molecule has 0 spiro atoms. The summed E-state index contributed by atoms with van der Waals surface area (Å²) in [5, 5.41) is 0. The molecule has 0 N–H and O–H groups in total. The molecule has 0 atom stereocenters. The number of hydrogen-bond acceptors (Lipinski definition) is 2. The van der Waals surface area contributed by atoms with Gasteiger partial charge in [-0.3, -0.25) is 0 Å². The topological polar surface area (TPSA) is 18.5 Å². The van der Waals surface area contributed by atoms with Gasteiger partial charge in [-0.25, -0.2) is 0 Å². The van der Waals surface area contributed by atoms with Crippen molar-refractivity contribution >= 4 is 0 Å². The summed E-state index contributed by atoms with van der Waals surface area (Å²) in [6.45, 7) is 8.50. The molecule has 0 saturated carbocycles. The SMILES string of the molecule is C=CCCC/C=C/COCCOCC. The standard InChI is InChI=1S/C12H22O2/c1-3-5-6-7-8-9-10-14-12-11-13-4-2/h3,8-9H,1,4-7,10-12H2,2H3/b9-8+. The molecule has 14 heavy (non-hydrogen) atoms. The molecule has 0 heterocycles. The first kappa shape index (κ1) is 13.4. The van der Waals surface area contributed by atoms with Gasteiger partial charge < -0.3 is 9.47 Å². The first-order valence-corrected chi connectivity index (χ1v) is 5.33. The molecule has 0 rings (SSSR count). The molecule has 0 aliphatic rings. The van der Waals surface area contributed by atoms with Gasteiger partial charge >= 0.3 is 0 Å². The van der Waals surface area contributed by atoms with Crippen LogP contribution in [-0.4, -0.2) is 26.4 Å². The number of unbranched alkanes of at least 4 members (excludes halogenated alkanes) is 2. The summed E-state index contributed by atoms with van der Waals surface area (Å²) in [7, 11) is 0. The lowest BCUT2D eigenvalue weighted by molar-refractivity contribution is 0.0643. The zero-order chi connectivity index (χ0) is 10.5. The minimum absolute atomic E-state index is 0.685. The number of ether oxygens (including phenoxy) is 2. The highest BCUT2D eigenvalue weighted by atomic mass is 16.5. The Hall–Kier alpha value is -0.600. The van der Waals surface area contributed by atoms with E-state index >= 15 is 0 Å². The Kier molecular flexibility index (Phi) is 11.9. The highest BCUT2D eigenvalue weighted by Crippen LogP contribution is 1.96. The quantitative estimate of drug-likeness (QED) is 0.397. The van der Waals surface area contributed by atoms with Crippen LogP contribution in [0.4, 0.5) is 0 Å². The summed E-state index contributed by atoms with van der Waals surface area (Å²) >= 11 is 0. The molecule has 0 aliphatic carbocycles. The third kappa shape index (κ3) is 11.4. The lowest BCUT2D eigenvalue weighted by atomic mass is 10.2. The fourth-order valence-electron chi connectivity index (χ4n) is 0.979. The molecule has 0 aromatic carbocycles. The van der Waals surface area contributed by atoms with E-state index in [1.807, 2.05) is 13.0 Å². The number of rotatable bonds is 10. The van der Waals surface area contributed by atoms with Crippen molar-refractivity contribution in [3.63, 3.8) is 0 Å². The highest BCUT2D eigenvalue weighted by Gasteiger charge is 1.84. The molecule has 2 heteroatoms. The lowest BCUT2D eigenvalue weighted by Gasteiger charge is -2.00. The van der Waals surface area contributed by atoms with E-state index in [4.69, 9.17) is 9.47 Å². The van der Waals surface area contributed by atoms with E-state index in [-0.39, 0.29) is 0 Å². The predicted octanol–water partition coefficient (Wildman–Crippen LogP) is 2.95. The Morgan fingerprint density at radius 3 is 2.57 bits per heavy atom. The van der Waals surface area contributed by atoms with Crippen molar-refractivity contribution in [1.29, 1.82) is 0 Å². The second-order valence-electron chi connectivity index (χ2n) is 2.96. The van der Waals surface area contributed by atoms with Crippen LogP contribution in [0.15, 0.2) is 24.8 Å². The fraction of sp³-hybridized carbons (Fsp3) is 0.667. The first-order valence-electron chi connectivity index (χ1n) is 5.33. The third-order valence-corrected chi connectivity index (χ3v) is 1.74. The molecule has 0 saturated heterocycles. The second kappa shape index (κ2) is 12.4. The van der Waals surface area contributed by atoms with Crippen molar-refractivity contribution in [2.45, 2.75) is 26.2 Å². The molecule has 0 aromatic heterocycles. The van der Waals surface area contributed by atoms with Crippen LogP contribution in [0.1, 0.15) is 26.2 Å². The maximum Gasteiger partial charge on any atom is 0.0704 e. The summed E-state index contributed by atoms with van der Waals surface area (Å²) in [6.07, 6.45) is 9.56. The van der Waals surface area contributed by atoms with Crippen molar-refractivity contribution in [2.75, 3.05) is 26.4 Å². The summed E-state index contributed by atoms with van der Waals surface area (Å²) in [6, 6.07) is 0. The Labute approximate surface area is 87.6 Å². The van der Waals surface area contributed by atoms with Gasteiger partial charge in [0.2, 0.25) is 0 Å². The summed E-state index contributed by atoms with van der Waals surface area (Å²) in [5.74, 6) is 0. The van der Waals surface area contributed by atoms with Gasteiger partial charge in [-0.15, -0.1) is 6.58 Å². The van der Waals surface area contributed by atoms with Gasteiger partial charge in [0.05, 0.1) is 19.8 Å². The van der Waals surface area contributed by atoms with Crippen molar-refractivity contribution in [1.82, 2.24) is 0 Å². The van der Waals surface area contributed by atoms with E-state index in [0.29, 0.717) is 19.8 Å². The van der Waals surface area contributed by atoms with Gasteiger partial charge in [0.15, 0.2) is 0 Å². The second-order valence-corrected chi connectivity index (χ2v) is 2.96. The van der Waals surface area contributed by atoms with Crippen molar-refractivity contribution in [3.05, 3.63) is 24.8 Å². The molecular formula is C12H22O2. The minimum atomic E-state index is 0.685. The van der Waals surface area contributed by atoms with E-state index in [9.17, 15) is 0 Å². The molecule has 0 amide bonds. The van der Waals surface area contributed by atoms with E-state index in [0.717, 1.165) is 19.4 Å². The minimum Gasteiger partial charge on any atom is -0.379 e. The van der Waals surface area contributed by atoms with Gasteiger partial charge in [0.25, 0.3) is 0 Å². The zero-order valence-electron chi connectivity index (χ0n) is 9.21. The summed E-state index contributed by atoms with van der Waals surface area (Å²) < 4.78 is 10.4. The van der Waals surface area contributed by atoms with Crippen LogP contribution in [-0.2, 0) is 9.47 Å². The Morgan fingerprint density at radius 1 is 1.07 bits per heavy atom. The lowest BCUT2D eigenvalue weighted by Crippen LogP contribution is -2.03. The molecule has 2 nitrogen and oxygen atoms in total. The van der Waals surface area contributed by atoms with Gasteiger partial charge in [-0.05, 0) is 26.2 Å². The van der Waals surface area contributed by atoms with Crippen LogP contribution in [0.3, 0.4) is 0 Å². The fourth-order valence-corrected chi connectivity index (χ4v) is 0.979. The Morgan fingerprint density at radius 2 is 1.86 bits per heavy atom. The van der Waals surface area contributed by atoms with Crippen LogP contribution in [0.2, 0.25) is 0 Å².